The first-order chi connectivity index (χ1) is 4.84. The fourth-order valence-electron chi connectivity index (χ4n) is 0.549. The maximum Gasteiger partial charge on any atom is 0.0998 e. The third kappa shape index (κ3) is 1.51. The summed E-state index contributed by atoms with van der Waals surface area (Å²) in [5, 5.41) is 0. The van der Waals surface area contributed by atoms with Gasteiger partial charge in [-0.3, -0.25) is 0 Å². The lowest BCUT2D eigenvalue weighted by atomic mass is 10.3. The van der Waals surface area contributed by atoms with Crippen molar-refractivity contribution in [1.82, 2.24) is 8.75 Å². The van der Waals surface area contributed by atoms with Gasteiger partial charge in [0.25, 0.3) is 0 Å². The highest BCUT2D eigenvalue weighted by Crippen LogP contribution is 2.05. The van der Waals surface area contributed by atoms with E-state index in [9.17, 15) is 0 Å². The normalized spacial score (nSPS) is 10.5. The molecule has 0 radical (unpaired) electrons. The molecule has 0 spiro atoms. The quantitative estimate of drug-likeness (QED) is 0.606. The van der Waals surface area contributed by atoms with Gasteiger partial charge in [-0.2, -0.15) is 8.75 Å². The molecule has 0 N–H and O–H groups in total. The number of nitrogens with zero attached hydrogens (tertiary/aromatic N) is 2. The van der Waals surface area contributed by atoms with Gasteiger partial charge >= 0.3 is 0 Å². The van der Waals surface area contributed by atoms with E-state index in [0.717, 1.165) is 11.4 Å². The molecule has 0 fully saturated rings. The Morgan fingerprint density at radius 2 is 2.30 bits per heavy atom. The molecule has 10 heavy (non-hydrogen) atoms. The number of aryl methyl sites for hydroxylation is 1. The molecule has 1 heterocycles. The number of allylic oxidation sites excluding steroid dienone is 2. The Bertz CT molecular complexity index is 250. The summed E-state index contributed by atoms with van der Waals surface area (Å²) in [6, 6.07) is 0. The van der Waals surface area contributed by atoms with Crippen LogP contribution in [-0.2, 0) is 0 Å². The summed E-state index contributed by atoms with van der Waals surface area (Å²) in [6.07, 6.45) is 5.47. The van der Waals surface area contributed by atoms with E-state index in [1.165, 1.54) is 11.7 Å². The van der Waals surface area contributed by atoms with Gasteiger partial charge in [-0.05, 0) is 13.0 Å². The number of rotatable bonds is 2. The third-order valence-corrected chi connectivity index (χ3v) is 1.71. The summed E-state index contributed by atoms with van der Waals surface area (Å²) >= 11 is 1.23. The summed E-state index contributed by atoms with van der Waals surface area (Å²) in [5.74, 6) is 0. The van der Waals surface area contributed by atoms with Crippen LogP contribution in [0.25, 0.3) is 6.08 Å². The molecule has 0 saturated carbocycles. The molecule has 1 rings (SSSR count). The Hall–Kier alpha value is -0.960. The third-order valence-electron chi connectivity index (χ3n) is 1.08. The highest BCUT2D eigenvalue weighted by Gasteiger charge is 1.95. The highest BCUT2D eigenvalue weighted by molar-refractivity contribution is 6.99. The van der Waals surface area contributed by atoms with Crippen LogP contribution in [0, 0.1) is 6.92 Å². The predicted octanol–water partition coefficient (Wildman–Crippen LogP) is 2.05. The molecule has 2 nitrogen and oxygen atoms in total. The van der Waals surface area contributed by atoms with Crippen molar-refractivity contribution in [3.05, 3.63) is 30.1 Å². The average Bonchev–Trinajstić information content (AvgIpc) is 2.31. The van der Waals surface area contributed by atoms with Crippen molar-refractivity contribution in [1.29, 1.82) is 0 Å². The van der Waals surface area contributed by atoms with Crippen molar-refractivity contribution in [2.75, 3.05) is 0 Å². The highest BCUT2D eigenvalue weighted by atomic mass is 32.1. The van der Waals surface area contributed by atoms with Gasteiger partial charge in [0, 0.05) is 0 Å². The van der Waals surface area contributed by atoms with Gasteiger partial charge in [-0.1, -0.05) is 18.7 Å². The van der Waals surface area contributed by atoms with Gasteiger partial charge in [0.1, 0.15) is 0 Å². The van der Waals surface area contributed by atoms with Crippen LogP contribution >= 0.6 is 11.7 Å². The summed E-state index contributed by atoms with van der Waals surface area (Å²) in [5.41, 5.74) is 1.91. The second kappa shape index (κ2) is 3.27. The van der Waals surface area contributed by atoms with Gasteiger partial charge in [0.2, 0.25) is 0 Å². The average molecular weight is 152 g/mol. The number of aromatic nitrogens is 2. The van der Waals surface area contributed by atoms with Gasteiger partial charge in [0.15, 0.2) is 0 Å². The van der Waals surface area contributed by atoms with E-state index in [2.05, 4.69) is 15.3 Å². The lowest BCUT2D eigenvalue weighted by molar-refractivity contribution is 1.30. The van der Waals surface area contributed by atoms with Crippen LogP contribution in [0.15, 0.2) is 18.7 Å². The Morgan fingerprint density at radius 1 is 1.50 bits per heavy atom. The molecule has 0 unspecified atom stereocenters. The molecule has 0 atom stereocenters. The molecule has 0 aliphatic heterocycles. The maximum absolute atomic E-state index is 4.05. The van der Waals surface area contributed by atoms with Gasteiger partial charge < -0.3 is 0 Å². The molecule has 52 valence electrons. The monoisotopic (exact) mass is 152 g/mol. The first-order valence-electron chi connectivity index (χ1n) is 2.93. The summed E-state index contributed by atoms with van der Waals surface area (Å²) in [7, 11) is 0. The Labute approximate surface area is 64.2 Å². The SMILES string of the molecule is C=C/C=C\c1nsnc1C. The van der Waals surface area contributed by atoms with Gasteiger partial charge in [0.05, 0.1) is 23.1 Å². The molecule has 0 saturated heterocycles. The first-order valence-corrected chi connectivity index (χ1v) is 3.66. The minimum atomic E-state index is 0.935. The smallest absolute Gasteiger partial charge is 0.0998 e. The first kappa shape index (κ1) is 7.15. The largest absolute Gasteiger partial charge is 0.178 e. The van der Waals surface area contributed by atoms with E-state index in [1.54, 1.807) is 6.08 Å². The number of hydrogen-bond acceptors (Lipinski definition) is 3. The van der Waals surface area contributed by atoms with E-state index in [0.29, 0.717) is 0 Å². The molecule has 1 aromatic rings. The summed E-state index contributed by atoms with van der Waals surface area (Å²) in [6.45, 7) is 5.49. The molecule has 0 aromatic carbocycles. The van der Waals surface area contributed by atoms with Crippen molar-refractivity contribution in [2.24, 2.45) is 0 Å². The molecule has 1 aromatic heterocycles. The van der Waals surface area contributed by atoms with Crippen LogP contribution in [0.4, 0.5) is 0 Å². The van der Waals surface area contributed by atoms with E-state index in [-0.39, 0.29) is 0 Å². The summed E-state index contributed by atoms with van der Waals surface area (Å²) < 4.78 is 8.06. The van der Waals surface area contributed by atoms with Gasteiger partial charge in [-0.25, -0.2) is 0 Å². The fraction of sp³-hybridized carbons (Fsp3) is 0.143. The zero-order valence-corrected chi connectivity index (χ0v) is 6.56. The van der Waals surface area contributed by atoms with Crippen LogP contribution in [0.5, 0.6) is 0 Å². The molecule has 3 heteroatoms. The van der Waals surface area contributed by atoms with Crippen molar-refractivity contribution >= 4 is 17.8 Å². The lowest BCUT2D eigenvalue weighted by Crippen LogP contribution is -1.74. The zero-order chi connectivity index (χ0) is 7.40. The zero-order valence-electron chi connectivity index (χ0n) is 5.74. The molecule has 0 aliphatic carbocycles. The minimum absolute atomic E-state index is 0.935. The topological polar surface area (TPSA) is 25.8 Å². The van der Waals surface area contributed by atoms with Crippen molar-refractivity contribution in [3.8, 4) is 0 Å². The number of hydrogen-bond donors (Lipinski definition) is 0. The van der Waals surface area contributed by atoms with E-state index in [1.807, 2.05) is 19.1 Å². The Morgan fingerprint density at radius 3 is 2.80 bits per heavy atom. The Kier molecular flexibility index (Phi) is 2.34. The second-order valence-corrected chi connectivity index (χ2v) is 2.36. The lowest BCUT2D eigenvalue weighted by Gasteiger charge is -1.81. The Balaban J connectivity index is 2.83. The van der Waals surface area contributed by atoms with E-state index < -0.39 is 0 Å². The standard InChI is InChI=1S/C7H8N2S/c1-3-4-5-7-6(2)8-10-9-7/h3-5H,1H2,2H3/b5-4-. The molecule has 0 bridgehead atoms. The van der Waals surface area contributed by atoms with Crippen molar-refractivity contribution in [3.63, 3.8) is 0 Å². The van der Waals surface area contributed by atoms with E-state index >= 15 is 0 Å². The van der Waals surface area contributed by atoms with Crippen LogP contribution in [0.1, 0.15) is 11.4 Å². The van der Waals surface area contributed by atoms with Crippen LogP contribution in [0.3, 0.4) is 0 Å². The van der Waals surface area contributed by atoms with E-state index in [4.69, 9.17) is 0 Å². The molecule has 0 aliphatic rings. The van der Waals surface area contributed by atoms with Crippen LogP contribution in [0.2, 0.25) is 0 Å². The van der Waals surface area contributed by atoms with Crippen LogP contribution < -0.4 is 0 Å². The van der Waals surface area contributed by atoms with Crippen molar-refractivity contribution < 1.29 is 0 Å². The fourth-order valence-corrected chi connectivity index (χ4v) is 1.09. The summed E-state index contributed by atoms with van der Waals surface area (Å²) in [4.78, 5) is 0. The predicted molar refractivity (Wildman–Crippen MR) is 43.9 cm³/mol. The molecule has 0 amide bonds. The van der Waals surface area contributed by atoms with Crippen molar-refractivity contribution in [2.45, 2.75) is 6.92 Å². The molecular formula is C7H8N2S. The minimum Gasteiger partial charge on any atom is -0.178 e. The maximum atomic E-state index is 4.05. The molecular weight excluding hydrogens is 144 g/mol. The van der Waals surface area contributed by atoms with Crippen LogP contribution in [-0.4, -0.2) is 8.75 Å². The second-order valence-electron chi connectivity index (χ2n) is 1.83. The van der Waals surface area contributed by atoms with Gasteiger partial charge in [-0.15, -0.1) is 0 Å².